The van der Waals surface area contributed by atoms with Crippen LogP contribution in [0.25, 0.3) is 10.9 Å². The molecule has 0 atom stereocenters. The fourth-order valence-electron chi connectivity index (χ4n) is 2.13. The van der Waals surface area contributed by atoms with Gasteiger partial charge in [-0.15, -0.1) is 0 Å². The lowest BCUT2D eigenvalue weighted by molar-refractivity contribution is 0.102. The van der Waals surface area contributed by atoms with Crippen molar-refractivity contribution < 1.29 is 4.79 Å². The average Bonchev–Trinajstić information content (AvgIpc) is 2.50. The van der Waals surface area contributed by atoms with Crippen LogP contribution in [-0.4, -0.2) is 15.9 Å². The second kappa shape index (κ2) is 5.50. The Balaban J connectivity index is 1.99. The molecule has 0 radical (unpaired) electrons. The number of nitrogens with one attached hydrogen (secondary N) is 1. The van der Waals surface area contributed by atoms with Crippen LogP contribution in [0.1, 0.15) is 15.9 Å². The number of amides is 1. The van der Waals surface area contributed by atoms with E-state index in [-0.39, 0.29) is 11.1 Å². The van der Waals surface area contributed by atoms with Gasteiger partial charge in [-0.1, -0.05) is 23.7 Å². The van der Waals surface area contributed by atoms with E-state index in [4.69, 9.17) is 11.6 Å². The van der Waals surface area contributed by atoms with Crippen molar-refractivity contribution in [3.63, 3.8) is 0 Å². The van der Waals surface area contributed by atoms with Crippen LogP contribution < -0.4 is 5.32 Å². The van der Waals surface area contributed by atoms with Gasteiger partial charge in [0.1, 0.15) is 0 Å². The van der Waals surface area contributed by atoms with Crippen LogP contribution in [0, 0.1) is 6.92 Å². The number of hydrogen-bond acceptors (Lipinski definition) is 3. The van der Waals surface area contributed by atoms with Gasteiger partial charge in [0.05, 0.1) is 11.2 Å². The Morgan fingerprint density at radius 2 is 2.05 bits per heavy atom. The molecule has 0 bridgehead atoms. The van der Waals surface area contributed by atoms with E-state index in [2.05, 4.69) is 15.3 Å². The van der Waals surface area contributed by atoms with Crippen molar-refractivity contribution in [2.45, 2.75) is 6.92 Å². The quantitative estimate of drug-likeness (QED) is 0.731. The number of nitrogens with zero attached hydrogens (tertiary/aromatic N) is 2. The zero-order valence-corrected chi connectivity index (χ0v) is 12.1. The zero-order chi connectivity index (χ0) is 14.8. The number of carbonyl (C=O) groups is 1. The summed E-state index contributed by atoms with van der Waals surface area (Å²) in [4.78, 5) is 20.7. The highest BCUT2D eigenvalue weighted by molar-refractivity contribution is 6.32. The van der Waals surface area contributed by atoms with Gasteiger partial charge >= 0.3 is 0 Å². The first kappa shape index (κ1) is 13.5. The number of aromatic nitrogens is 2. The predicted molar refractivity (Wildman–Crippen MR) is 83.7 cm³/mol. The largest absolute Gasteiger partial charge is 0.319 e. The third-order valence-electron chi connectivity index (χ3n) is 3.11. The summed E-state index contributed by atoms with van der Waals surface area (Å²) < 4.78 is 0. The number of benzene rings is 1. The maximum atomic E-state index is 12.5. The van der Waals surface area contributed by atoms with Crippen LogP contribution >= 0.6 is 11.6 Å². The SMILES string of the molecule is Cc1cnc(Cl)c(NC(=O)c2cccc3ncccc23)c1. The van der Waals surface area contributed by atoms with E-state index in [1.165, 1.54) is 0 Å². The molecule has 0 unspecified atom stereocenters. The molecule has 1 N–H and O–H groups in total. The van der Waals surface area contributed by atoms with Crippen molar-refractivity contribution in [1.29, 1.82) is 0 Å². The molecule has 0 aliphatic heterocycles. The normalized spacial score (nSPS) is 10.6. The van der Waals surface area contributed by atoms with Crippen molar-refractivity contribution >= 4 is 34.1 Å². The van der Waals surface area contributed by atoms with Crippen LogP contribution in [0.2, 0.25) is 5.15 Å². The molecule has 0 spiro atoms. The number of pyridine rings is 2. The van der Waals surface area contributed by atoms with Crippen molar-refractivity contribution in [2.24, 2.45) is 0 Å². The molecule has 2 heterocycles. The number of carbonyl (C=O) groups excluding carboxylic acids is 1. The molecule has 2 aromatic heterocycles. The second-order valence-corrected chi connectivity index (χ2v) is 5.04. The molecule has 3 aromatic rings. The number of aryl methyl sites for hydroxylation is 1. The maximum Gasteiger partial charge on any atom is 0.256 e. The van der Waals surface area contributed by atoms with Crippen molar-refractivity contribution in [3.8, 4) is 0 Å². The first-order valence-corrected chi connectivity index (χ1v) is 6.80. The van der Waals surface area contributed by atoms with Gasteiger partial charge in [-0.05, 0) is 36.8 Å². The summed E-state index contributed by atoms with van der Waals surface area (Å²) in [5.41, 5.74) is 2.76. The van der Waals surface area contributed by atoms with E-state index in [1.54, 1.807) is 36.7 Å². The van der Waals surface area contributed by atoms with Crippen molar-refractivity contribution in [1.82, 2.24) is 9.97 Å². The van der Waals surface area contributed by atoms with Crippen molar-refractivity contribution in [3.05, 3.63) is 65.1 Å². The summed E-state index contributed by atoms with van der Waals surface area (Å²) in [6, 6.07) is 10.9. The van der Waals surface area contributed by atoms with Gasteiger partial charge in [0.2, 0.25) is 0 Å². The molecule has 5 heteroatoms. The van der Waals surface area contributed by atoms with Crippen molar-refractivity contribution in [2.75, 3.05) is 5.32 Å². The first-order valence-electron chi connectivity index (χ1n) is 6.42. The summed E-state index contributed by atoms with van der Waals surface area (Å²) in [5, 5.41) is 3.87. The summed E-state index contributed by atoms with van der Waals surface area (Å²) in [7, 11) is 0. The highest BCUT2D eigenvalue weighted by Crippen LogP contribution is 2.22. The molecule has 4 nitrogen and oxygen atoms in total. The lowest BCUT2D eigenvalue weighted by Gasteiger charge is -2.09. The van der Waals surface area contributed by atoms with E-state index in [0.29, 0.717) is 11.3 Å². The lowest BCUT2D eigenvalue weighted by atomic mass is 10.1. The summed E-state index contributed by atoms with van der Waals surface area (Å²) >= 11 is 6.01. The Labute approximate surface area is 126 Å². The van der Waals surface area contributed by atoms with Gasteiger partial charge in [0, 0.05) is 23.3 Å². The molecule has 3 rings (SSSR count). The molecular weight excluding hydrogens is 286 g/mol. The van der Waals surface area contributed by atoms with Crippen LogP contribution in [0.3, 0.4) is 0 Å². The minimum Gasteiger partial charge on any atom is -0.319 e. The fraction of sp³-hybridized carbons (Fsp3) is 0.0625. The van der Waals surface area contributed by atoms with E-state index in [9.17, 15) is 4.79 Å². The summed E-state index contributed by atoms with van der Waals surface area (Å²) in [6.07, 6.45) is 3.35. The van der Waals surface area contributed by atoms with Crippen LogP contribution in [-0.2, 0) is 0 Å². The molecule has 21 heavy (non-hydrogen) atoms. The second-order valence-electron chi connectivity index (χ2n) is 4.68. The molecule has 1 aromatic carbocycles. The first-order chi connectivity index (χ1) is 10.1. The van der Waals surface area contributed by atoms with Gasteiger partial charge in [-0.25, -0.2) is 4.98 Å². The van der Waals surface area contributed by atoms with Gasteiger partial charge in [-0.3, -0.25) is 9.78 Å². The fourth-order valence-corrected chi connectivity index (χ4v) is 2.28. The van der Waals surface area contributed by atoms with E-state index >= 15 is 0 Å². The minimum atomic E-state index is -0.233. The van der Waals surface area contributed by atoms with E-state index in [0.717, 1.165) is 16.5 Å². The van der Waals surface area contributed by atoms with E-state index in [1.807, 2.05) is 19.1 Å². The van der Waals surface area contributed by atoms with E-state index < -0.39 is 0 Å². The maximum absolute atomic E-state index is 12.5. The third-order valence-corrected chi connectivity index (χ3v) is 3.42. The Bertz CT molecular complexity index is 827. The van der Waals surface area contributed by atoms with Gasteiger partial charge in [-0.2, -0.15) is 0 Å². The highest BCUT2D eigenvalue weighted by Gasteiger charge is 2.12. The Kier molecular flexibility index (Phi) is 3.54. The Hall–Kier alpha value is -2.46. The summed E-state index contributed by atoms with van der Waals surface area (Å²) in [6.45, 7) is 1.89. The van der Waals surface area contributed by atoms with Gasteiger partial charge in [0.15, 0.2) is 5.15 Å². The molecule has 104 valence electrons. The topological polar surface area (TPSA) is 54.9 Å². The molecular formula is C16H12ClN3O. The number of hydrogen-bond donors (Lipinski definition) is 1. The Morgan fingerprint density at radius 1 is 1.19 bits per heavy atom. The number of rotatable bonds is 2. The molecule has 0 saturated heterocycles. The number of halogens is 1. The standard InChI is InChI=1S/C16H12ClN3O/c1-10-8-14(15(17)19-9-10)20-16(21)12-4-2-6-13-11(12)5-3-7-18-13/h2-9H,1H3,(H,20,21). The summed E-state index contributed by atoms with van der Waals surface area (Å²) in [5.74, 6) is -0.233. The number of fused-ring (bicyclic) bond motifs is 1. The average molecular weight is 298 g/mol. The highest BCUT2D eigenvalue weighted by atomic mass is 35.5. The minimum absolute atomic E-state index is 0.233. The molecule has 0 aliphatic rings. The molecule has 0 saturated carbocycles. The molecule has 0 fully saturated rings. The third kappa shape index (κ3) is 2.71. The smallest absolute Gasteiger partial charge is 0.256 e. The van der Waals surface area contributed by atoms with Crippen LogP contribution in [0.15, 0.2) is 48.8 Å². The lowest BCUT2D eigenvalue weighted by Crippen LogP contribution is -2.13. The van der Waals surface area contributed by atoms with Gasteiger partial charge < -0.3 is 5.32 Å². The van der Waals surface area contributed by atoms with Crippen LogP contribution in [0.5, 0.6) is 0 Å². The number of anilines is 1. The van der Waals surface area contributed by atoms with Crippen LogP contribution in [0.4, 0.5) is 5.69 Å². The monoisotopic (exact) mass is 297 g/mol. The molecule has 0 aliphatic carbocycles. The molecule has 1 amide bonds. The van der Waals surface area contributed by atoms with Gasteiger partial charge in [0.25, 0.3) is 5.91 Å². The zero-order valence-electron chi connectivity index (χ0n) is 11.3. The predicted octanol–water partition coefficient (Wildman–Crippen LogP) is 3.84. The Morgan fingerprint density at radius 3 is 2.90 bits per heavy atom.